The number of alkyl halides is 3. The molecule has 0 saturated carbocycles. The Morgan fingerprint density at radius 1 is 1.09 bits per heavy atom. The average Bonchev–Trinajstić information content (AvgIpc) is 3.47. The van der Waals surface area contributed by atoms with Crippen molar-refractivity contribution in [1.82, 2.24) is 29.0 Å². The van der Waals surface area contributed by atoms with E-state index in [4.69, 9.17) is 11.6 Å². The van der Waals surface area contributed by atoms with Crippen LogP contribution < -0.4 is 21.6 Å². The number of thiol groups is 1. The van der Waals surface area contributed by atoms with Crippen LogP contribution in [0.4, 0.5) is 19.0 Å². The number of benzene rings is 1. The van der Waals surface area contributed by atoms with Crippen molar-refractivity contribution in [3.05, 3.63) is 79.5 Å². The van der Waals surface area contributed by atoms with Gasteiger partial charge in [-0.15, -0.1) is 16.4 Å². The number of anilines is 1. The van der Waals surface area contributed by atoms with Crippen LogP contribution in [0.1, 0.15) is 25.5 Å². The Morgan fingerprint density at radius 2 is 1.86 bits per heavy atom. The minimum atomic E-state index is -4.63. The number of aromatic nitrogens is 5. The number of hydrogen-bond donors (Lipinski definition) is 2. The lowest BCUT2D eigenvalue weighted by molar-refractivity contribution is -0.137. The molecule has 15 heteroatoms. The molecule has 226 valence electrons. The highest BCUT2D eigenvalue weighted by atomic mass is 35.5. The summed E-state index contributed by atoms with van der Waals surface area (Å²) < 4.78 is 48.5. The van der Waals surface area contributed by atoms with Gasteiger partial charge < -0.3 is 10.2 Å². The van der Waals surface area contributed by atoms with Crippen LogP contribution in [0.5, 0.6) is 0 Å². The van der Waals surface area contributed by atoms with Gasteiger partial charge in [-0.1, -0.05) is 17.7 Å². The predicted molar refractivity (Wildman–Crippen MR) is 163 cm³/mol. The largest absolute Gasteiger partial charge is 0.416 e. The number of nitrogens with one attached hydrogen (secondary N) is 1. The highest BCUT2D eigenvalue weighted by Crippen LogP contribution is 2.55. The highest BCUT2D eigenvalue weighted by molar-refractivity contribution is 8.18. The second-order valence-corrected chi connectivity index (χ2v) is 15.0. The number of hydrogen-bond acceptors (Lipinski definition) is 7. The van der Waals surface area contributed by atoms with E-state index in [0.717, 1.165) is 10.3 Å². The van der Waals surface area contributed by atoms with Gasteiger partial charge in [-0.3, -0.25) is 8.97 Å². The van der Waals surface area contributed by atoms with Gasteiger partial charge in [-0.05, 0) is 44.2 Å². The van der Waals surface area contributed by atoms with E-state index in [0.29, 0.717) is 34.2 Å². The second kappa shape index (κ2) is 10.4. The summed E-state index contributed by atoms with van der Waals surface area (Å²) in [4.78, 5) is 34.1. The first-order valence-electron chi connectivity index (χ1n) is 13.7. The van der Waals surface area contributed by atoms with E-state index in [2.05, 4.69) is 15.4 Å². The Morgan fingerprint density at radius 3 is 2.53 bits per heavy atom. The summed E-state index contributed by atoms with van der Waals surface area (Å²) in [7, 11) is -1.50. The molecule has 0 spiro atoms. The average molecular weight is 650 g/mol. The summed E-state index contributed by atoms with van der Waals surface area (Å²) in [6, 6.07) is 8.69. The van der Waals surface area contributed by atoms with Crippen molar-refractivity contribution in [2.45, 2.75) is 53.8 Å². The standard InChI is InChI=1S/C28H27ClF3N7O2S2/c1-15-10-36(11-16(2)33-15)25-20-7-17(28(30,31)32)8-21-24(20)38(26(40)34-25)12-19(14-43(21)23-9-18(29)13-42-23)39-27(41)37-6-4-3-5-22(37)35-39/h3-9,13,15-16,19,33,43H,10-12,14H2,1-2H3/t15-,16+,19-/m0/s1. The van der Waals surface area contributed by atoms with Gasteiger partial charge in [0.25, 0.3) is 0 Å². The molecule has 1 saturated heterocycles. The van der Waals surface area contributed by atoms with Crippen LogP contribution in [-0.2, 0) is 12.7 Å². The van der Waals surface area contributed by atoms with E-state index in [1.54, 1.807) is 35.8 Å². The smallest absolute Gasteiger partial charge is 0.353 e. The molecule has 1 unspecified atom stereocenters. The molecule has 7 rings (SSSR count). The second-order valence-electron chi connectivity index (χ2n) is 11.1. The molecule has 5 aromatic rings. The highest BCUT2D eigenvalue weighted by Gasteiger charge is 2.37. The molecule has 43 heavy (non-hydrogen) atoms. The van der Waals surface area contributed by atoms with Crippen molar-refractivity contribution < 1.29 is 13.2 Å². The molecule has 2 aliphatic rings. The van der Waals surface area contributed by atoms with Gasteiger partial charge in [-0.25, -0.2) is 14.3 Å². The lowest BCUT2D eigenvalue weighted by Crippen LogP contribution is -2.55. The summed E-state index contributed by atoms with van der Waals surface area (Å²) >= 11 is 7.69. The van der Waals surface area contributed by atoms with Gasteiger partial charge in [0.15, 0.2) is 5.65 Å². The summed E-state index contributed by atoms with van der Waals surface area (Å²) in [6.07, 6.45) is -3.02. The molecule has 4 aromatic heterocycles. The van der Waals surface area contributed by atoms with E-state index in [-0.39, 0.29) is 41.3 Å². The van der Waals surface area contributed by atoms with Crippen molar-refractivity contribution in [1.29, 1.82) is 0 Å². The van der Waals surface area contributed by atoms with Crippen LogP contribution in [0.15, 0.2) is 66.7 Å². The maximum Gasteiger partial charge on any atom is 0.416 e. The Hall–Kier alpha value is -3.33. The first-order chi connectivity index (χ1) is 20.5. The van der Waals surface area contributed by atoms with Crippen LogP contribution in [0.2, 0.25) is 5.02 Å². The molecule has 1 N–H and O–H groups in total. The molecule has 0 bridgehead atoms. The third-order valence-electron chi connectivity index (χ3n) is 7.91. The zero-order valence-corrected chi connectivity index (χ0v) is 25.5. The van der Waals surface area contributed by atoms with Gasteiger partial charge >= 0.3 is 17.6 Å². The Balaban J connectivity index is 1.52. The lowest BCUT2D eigenvalue weighted by Gasteiger charge is -2.37. The number of thiophene rings is 1. The first kappa shape index (κ1) is 28.4. The Labute approximate surface area is 254 Å². The Kier molecular flexibility index (Phi) is 6.87. The quantitative estimate of drug-likeness (QED) is 0.273. The fourth-order valence-electron chi connectivity index (χ4n) is 6.22. The number of halogens is 4. The summed E-state index contributed by atoms with van der Waals surface area (Å²) in [5.74, 6) is 0.524. The van der Waals surface area contributed by atoms with Crippen molar-refractivity contribution >= 4 is 56.2 Å². The number of pyridine rings is 1. The van der Waals surface area contributed by atoms with Gasteiger partial charge in [0.05, 0.1) is 28.7 Å². The van der Waals surface area contributed by atoms with Crippen molar-refractivity contribution in [3.63, 3.8) is 0 Å². The van der Waals surface area contributed by atoms with E-state index in [9.17, 15) is 22.8 Å². The number of nitrogens with zero attached hydrogens (tertiary/aromatic N) is 6. The normalized spacial score (nSPS) is 23.6. The van der Waals surface area contributed by atoms with Crippen LogP contribution in [0.3, 0.4) is 0 Å². The van der Waals surface area contributed by atoms with Gasteiger partial charge in [-0.2, -0.15) is 29.1 Å². The molecule has 2 aliphatic heterocycles. The molecule has 0 aliphatic carbocycles. The van der Waals surface area contributed by atoms with Gasteiger partial charge in [0.2, 0.25) is 0 Å². The molecule has 1 aromatic carbocycles. The van der Waals surface area contributed by atoms with Gasteiger partial charge in [0, 0.05) is 57.0 Å². The van der Waals surface area contributed by atoms with E-state index < -0.39 is 34.4 Å². The minimum Gasteiger partial charge on any atom is -0.353 e. The molecule has 4 atom stereocenters. The van der Waals surface area contributed by atoms with Crippen molar-refractivity contribution in [3.8, 4) is 0 Å². The van der Waals surface area contributed by atoms with Crippen LogP contribution in [0, 0.1) is 0 Å². The SMILES string of the molecule is C[C@@H]1CN(c2nc(=O)n3c4c(cc(C(F)(F)F)cc24)[SH](c2cc(Cl)cs2)C[C@@H](n2nc4ccccn4c2=O)C3)C[C@H](C)N1. The zero-order valence-electron chi connectivity index (χ0n) is 23.0. The van der Waals surface area contributed by atoms with E-state index in [1.807, 2.05) is 18.7 Å². The molecular weight excluding hydrogens is 623 g/mol. The fraction of sp³-hybridized carbons (Fsp3) is 0.357. The summed E-state index contributed by atoms with van der Waals surface area (Å²) in [6.45, 7) is 4.97. The molecule has 0 radical (unpaired) electrons. The Bertz CT molecular complexity index is 1990. The lowest BCUT2D eigenvalue weighted by atomic mass is 10.1. The summed E-state index contributed by atoms with van der Waals surface area (Å²) in [5.41, 5.74) is -0.926. The maximum atomic E-state index is 14.5. The van der Waals surface area contributed by atoms with Crippen molar-refractivity contribution in [2.75, 3.05) is 23.7 Å². The number of rotatable bonds is 3. The monoisotopic (exact) mass is 649 g/mol. The third-order valence-corrected chi connectivity index (χ3v) is 12.3. The minimum absolute atomic E-state index is 0.0249. The third kappa shape index (κ3) is 4.93. The predicted octanol–water partition coefficient (Wildman–Crippen LogP) is 4.80. The first-order valence-corrected chi connectivity index (χ1v) is 16.5. The zero-order chi connectivity index (χ0) is 30.2. The molecule has 0 amide bonds. The molecule has 6 heterocycles. The van der Waals surface area contributed by atoms with Crippen LogP contribution in [0.25, 0.3) is 16.6 Å². The molecular formula is C28H27ClF3N7O2S2. The van der Waals surface area contributed by atoms with Crippen molar-refractivity contribution in [2.24, 2.45) is 0 Å². The molecule has 1 fully saturated rings. The molecule has 9 nitrogen and oxygen atoms in total. The van der Waals surface area contributed by atoms with E-state index >= 15 is 0 Å². The van der Waals surface area contributed by atoms with Gasteiger partial charge in [0.1, 0.15) is 5.82 Å². The topological polar surface area (TPSA) is 89.5 Å². The summed E-state index contributed by atoms with van der Waals surface area (Å²) in [5, 5.41) is 10.5. The maximum absolute atomic E-state index is 14.5. The van der Waals surface area contributed by atoms with Crippen LogP contribution >= 0.6 is 33.8 Å². The van der Waals surface area contributed by atoms with Crippen LogP contribution in [-0.4, -0.2) is 54.7 Å². The van der Waals surface area contributed by atoms with E-state index in [1.165, 1.54) is 31.1 Å². The number of fused-ring (bicyclic) bond motifs is 1. The fourth-order valence-corrected chi connectivity index (χ4v) is 10.7. The number of piperazine rings is 1.